The van der Waals surface area contributed by atoms with Crippen LogP contribution in [0, 0.1) is 18.6 Å². The fourth-order valence-corrected chi connectivity index (χ4v) is 2.80. The molecule has 0 spiro atoms. The molecule has 20 heavy (non-hydrogen) atoms. The molecule has 0 aliphatic rings. The molecule has 5 heteroatoms. The van der Waals surface area contributed by atoms with Crippen LogP contribution in [0.25, 0.3) is 0 Å². The molecule has 1 unspecified atom stereocenters. The van der Waals surface area contributed by atoms with Gasteiger partial charge in [0.2, 0.25) is 0 Å². The average molecular weight is 361 g/mol. The summed E-state index contributed by atoms with van der Waals surface area (Å²) in [7, 11) is 1.67. The van der Waals surface area contributed by atoms with Gasteiger partial charge in [0.15, 0.2) is 0 Å². The second-order valence-corrected chi connectivity index (χ2v) is 5.77. The van der Waals surface area contributed by atoms with Crippen molar-refractivity contribution >= 4 is 27.5 Å². The van der Waals surface area contributed by atoms with E-state index in [0.29, 0.717) is 5.02 Å². The number of hydrogen-bond donors (Lipinski definition) is 1. The lowest BCUT2D eigenvalue weighted by Crippen LogP contribution is -2.21. The van der Waals surface area contributed by atoms with E-state index in [1.54, 1.807) is 25.2 Å². The SMILES string of the molecule is CNC(c1ccc(Cl)cc1C)c1c(F)ccc(Br)c1F. The van der Waals surface area contributed by atoms with Gasteiger partial charge in [-0.2, -0.15) is 0 Å². The first kappa shape index (κ1) is 15.4. The first-order valence-electron chi connectivity index (χ1n) is 6.02. The zero-order chi connectivity index (χ0) is 14.9. The van der Waals surface area contributed by atoms with Crippen molar-refractivity contribution in [2.24, 2.45) is 0 Å². The van der Waals surface area contributed by atoms with Crippen molar-refractivity contribution in [1.29, 1.82) is 0 Å². The number of aryl methyl sites for hydroxylation is 1. The van der Waals surface area contributed by atoms with Gasteiger partial charge in [0.25, 0.3) is 0 Å². The zero-order valence-corrected chi connectivity index (χ0v) is 13.3. The molecular weight excluding hydrogens is 348 g/mol. The third kappa shape index (κ3) is 2.87. The molecule has 0 aromatic heterocycles. The van der Waals surface area contributed by atoms with E-state index in [-0.39, 0.29) is 10.0 Å². The van der Waals surface area contributed by atoms with Crippen molar-refractivity contribution in [1.82, 2.24) is 5.32 Å². The molecule has 2 aromatic carbocycles. The summed E-state index contributed by atoms with van der Waals surface area (Å²) in [4.78, 5) is 0. The predicted molar refractivity (Wildman–Crippen MR) is 81.1 cm³/mol. The fourth-order valence-electron chi connectivity index (χ4n) is 2.23. The molecule has 0 saturated heterocycles. The molecule has 2 rings (SSSR count). The maximum Gasteiger partial charge on any atom is 0.145 e. The molecule has 1 N–H and O–H groups in total. The Bertz CT molecular complexity index is 646. The highest BCUT2D eigenvalue weighted by Crippen LogP contribution is 2.32. The Labute approximate surface area is 130 Å². The summed E-state index contributed by atoms with van der Waals surface area (Å²) in [5.74, 6) is -1.18. The van der Waals surface area contributed by atoms with Crippen LogP contribution in [0.5, 0.6) is 0 Å². The summed E-state index contributed by atoms with van der Waals surface area (Å²) in [6, 6.07) is 7.29. The average Bonchev–Trinajstić information content (AvgIpc) is 2.40. The van der Waals surface area contributed by atoms with Crippen molar-refractivity contribution in [2.45, 2.75) is 13.0 Å². The molecule has 0 amide bonds. The molecule has 1 nitrogen and oxygen atoms in total. The van der Waals surface area contributed by atoms with Crippen molar-refractivity contribution in [3.8, 4) is 0 Å². The van der Waals surface area contributed by atoms with E-state index in [0.717, 1.165) is 11.1 Å². The van der Waals surface area contributed by atoms with E-state index in [1.165, 1.54) is 12.1 Å². The molecule has 0 bridgehead atoms. The number of rotatable bonds is 3. The van der Waals surface area contributed by atoms with Gasteiger partial charge in [-0.1, -0.05) is 17.7 Å². The van der Waals surface area contributed by atoms with Crippen LogP contribution in [0.1, 0.15) is 22.7 Å². The van der Waals surface area contributed by atoms with Gasteiger partial charge in [0, 0.05) is 10.6 Å². The molecule has 0 aliphatic carbocycles. The fraction of sp³-hybridized carbons (Fsp3) is 0.200. The molecule has 0 saturated carbocycles. The van der Waals surface area contributed by atoms with Crippen LogP contribution in [0.4, 0.5) is 8.78 Å². The van der Waals surface area contributed by atoms with Gasteiger partial charge in [-0.3, -0.25) is 0 Å². The number of nitrogens with one attached hydrogen (secondary N) is 1. The minimum atomic E-state index is -0.598. The minimum Gasteiger partial charge on any atom is -0.309 e. The lowest BCUT2D eigenvalue weighted by atomic mass is 9.94. The summed E-state index contributed by atoms with van der Waals surface area (Å²) in [5, 5.41) is 3.55. The van der Waals surface area contributed by atoms with Crippen LogP contribution in [0.3, 0.4) is 0 Å². The van der Waals surface area contributed by atoms with Crippen LogP contribution < -0.4 is 5.32 Å². The van der Waals surface area contributed by atoms with Crippen LogP contribution >= 0.6 is 27.5 Å². The van der Waals surface area contributed by atoms with Crippen LogP contribution in [-0.2, 0) is 0 Å². The summed E-state index contributed by atoms with van der Waals surface area (Å²) in [6.07, 6.45) is 0. The zero-order valence-electron chi connectivity index (χ0n) is 11.0. The normalized spacial score (nSPS) is 12.5. The number of hydrogen-bond acceptors (Lipinski definition) is 1. The van der Waals surface area contributed by atoms with E-state index in [1.807, 2.05) is 6.92 Å². The monoisotopic (exact) mass is 359 g/mol. The molecule has 106 valence electrons. The van der Waals surface area contributed by atoms with Crippen molar-refractivity contribution in [3.05, 3.63) is 68.2 Å². The second kappa shape index (κ2) is 6.20. The lowest BCUT2D eigenvalue weighted by Gasteiger charge is -2.21. The molecule has 2 aromatic rings. The van der Waals surface area contributed by atoms with Crippen molar-refractivity contribution in [3.63, 3.8) is 0 Å². The number of benzene rings is 2. The van der Waals surface area contributed by atoms with Crippen LogP contribution in [-0.4, -0.2) is 7.05 Å². The van der Waals surface area contributed by atoms with Gasteiger partial charge in [0.1, 0.15) is 11.6 Å². The first-order chi connectivity index (χ1) is 9.45. The molecule has 0 heterocycles. The van der Waals surface area contributed by atoms with Crippen molar-refractivity contribution < 1.29 is 8.78 Å². The Balaban J connectivity index is 2.61. The quantitative estimate of drug-likeness (QED) is 0.760. The van der Waals surface area contributed by atoms with E-state index in [2.05, 4.69) is 21.2 Å². The summed E-state index contributed by atoms with van der Waals surface area (Å²) in [6.45, 7) is 1.86. The highest BCUT2D eigenvalue weighted by molar-refractivity contribution is 9.10. The molecular formula is C15H13BrClF2N. The van der Waals surface area contributed by atoms with Crippen LogP contribution in [0.15, 0.2) is 34.8 Å². The number of halogens is 4. The van der Waals surface area contributed by atoms with E-state index in [9.17, 15) is 8.78 Å². The Hall–Kier alpha value is -0.970. The molecule has 0 aliphatic heterocycles. The topological polar surface area (TPSA) is 12.0 Å². The van der Waals surface area contributed by atoms with Crippen molar-refractivity contribution in [2.75, 3.05) is 7.05 Å². The van der Waals surface area contributed by atoms with Crippen LogP contribution in [0.2, 0.25) is 5.02 Å². The Morgan fingerprint density at radius 2 is 1.90 bits per heavy atom. The lowest BCUT2D eigenvalue weighted by molar-refractivity contribution is 0.518. The van der Waals surface area contributed by atoms with Gasteiger partial charge in [-0.25, -0.2) is 8.78 Å². The third-order valence-electron chi connectivity index (χ3n) is 3.20. The highest BCUT2D eigenvalue weighted by Gasteiger charge is 2.23. The minimum absolute atomic E-state index is 0.00713. The smallest absolute Gasteiger partial charge is 0.145 e. The largest absolute Gasteiger partial charge is 0.309 e. The third-order valence-corrected chi connectivity index (χ3v) is 4.05. The maximum absolute atomic E-state index is 14.2. The summed E-state index contributed by atoms with van der Waals surface area (Å²) >= 11 is 9.01. The standard InChI is InChI=1S/C15H13BrClF2N/c1-8-7-9(17)3-4-10(8)15(20-2)13-12(18)6-5-11(16)14(13)19/h3-7,15,20H,1-2H3. The van der Waals surface area contributed by atoms with E-state index >= 15 is 0 Å². The highest BCUT2D eigenvalue weighted by atomic mass is 79.9. The second-order valence-electron chi connectivity index (χ2n) is 4.48. The van der Waals surface area contributed by atoms with Gasteiger partial charge in [-0.05, 0) is 65.3 Å². The maximum atomic E-state index is 14.2. The molecule has 1 atom stereocenters. The summed E-state index contributed by atoms with van der Waals surface area (Å²) in [5.41, 5.74) is 1.65. The van der Waals surface area contributed by atoms with E-state index < -0.39 is 17.7 Å². The first-order valence-corrected chi connectivity index (χ1v) is 7.19. The van der Waals surface area contributed by atoms with Gasteiger partial charge < -0.3 is 5.32 Å². The summed E-state index contributed by atoms with van der Waals surface area (Å²) < 4.78 is 28.5. The predicted octanol–water partition coefficient (Wildman–Crippen LogP) is 5.00. The van der Waals surface area contributed by atoms with Gasteiger partial charge in [-0.15, -0.1) is 0 Å². The molecule has 0 radical (unpaired) electrons. The molecule has 0 fully saturated rings. The Kier molecular flexibility index (Phi) is 4.78. The Morgan fingerprint density at radius 1 is 1.20 bits per heavy atom. The van der Waals surface area contributed by atoms with Gasteiger partial charge in [0.05, 0.1) is 10.5 Å². The van der Waals surface area contributed by atoms with E-state index in [4.69, 9.17) is 11.6 Å². The Morgan fingerprint density at radius 3 is 2.50 bits per heavy atom. The van der Waals surface area contributed by atoms with Gasteiger partial charge >= 0.3 is 0 Å².